The Hall–Kier alpha value is -0.860. The Labute approximate surface area is 78.5 Å². The molecule has 0 unspecified atom stereocenters. The second kappa shape index (κ2) is 3.90. The Bertz CT molecular complexity index is 258. The van der Waals surface area contributed by atoms with Gasteiger partial charge < -0.3 is 9.47 Å². The molecule has 2 rings (SSSR count). The third kappa shape index (κ3) is 1.90. The fourth-order valence-corrected chi connectivity index (χ4v) is 1.69. The quantitative estimate of drug-likeness (QED) is 0.692. The van der Waals surface area contributed by atoms with Crippen LogP contribution in [0.15, 0.2) is 30.3 Å². The van der Waals surface area contributed by atoms with Gasteiger partial charge in [-0.1, -0.05) is 30.3 Å². The van der Waals surface area contributed by atoms with Crippen LogP contribution in [0.2, 0.25) is 0 Å². The first-order valence-electron chi connectivity index (χ1n) is 4.63. The summed E-state index contributed by atoms with van der Waals surface area (Å²) in [5.74, 6) is 0. The highest BCUT2D eigenvalue weighted by Gasteiger charge is 2.25. The van der Waals surface area contributed by atoms with Gasteiger partial charge in [-0.15, -0.1) is 0 Å². The van der Waals surface area contributed by atoms with Gasteiger partial charge in [0.1, 0.15) is 0 Å². The molecule has 1 fully saturated rings. The van der Waals surface area contributed by atoms with E-state index >= 15 is 0 Å². The summed E-state index contributed by atoms with van der Waals surface area (Å²) in [5.41, 5.74) is 1.25. The summed E-state index contributed by atoms with van der Waals surface area (Å²) in [5, 5.41) is 0. The summed E-state index contributed by atoms with van der Waals surface area (Å²) in [4.78, 5) is 0. The highest BCUT2D eigenvalue weighted by molar-refractivity contribution is 5.18. The molecule has 2 atom stereocenters. The number of ether oxygens (including phenoxy) is 2. The monoisotopic (exact) mass is 178 g/mol. The van der Waals surface area contributed by atoms with Crippen LogP contribution in [0.3, 0.4) is 0 Å². The minimum absolute atomic E-state index is 0.00907. The molecule has 1 saturated heterocycles. The molecule has 0 N–H and O–H groups in total. The van der Waals surface area contributed by atoms with Crippen molar-refractivity contribution < 1.29 is 9.47 Å². The Morgan fingerprint density at radius 2 is 2.00 bits per heavy atom. The zero-order chi connectivity index (χ0) is 9.10. The fraction of sp³-hybridized carbons (Fsp3) is 0.455. The summed E-state index contributed by atoms with van der Waals surface area (Å²) in [6.45, 7) is 0. The molecule has 0 amide bonds. The van der Waals surface area contributed by atoms with E-state index in [1.165, 1.54) is 5.56 Å². The second-order valence-corrected chi connectivity index (χ2v) is 3.28. The van der Waals surface area contributed by atoms with Crippen LogP contribution < -0.4 is 0 Å². The zero-order valence-electron chi connectivity index (χ0n) is 7.77. The van der Waals surface area contributed by atoms with Gasteiger partial charge in [0.05, 0.1) is 6.10 Å². The summed E-state index contributed by atoms with van der Waals surface area (Å²) >= 11 is 0. The van der Waals surface area contributed by atoms with Crippen molar-refractivity contribution in [2.24, 2.45) is 0 Å². The maximum absolute atomic E-state index is 5.67. The van der Waals surface area contributed by atoms with Crippen molar-refractivity contribution >= 4 is 0 Å². The predicted molar refractivity (Wildman–Crippen MR) is 50.3 cm³/mol. The summed E-state index contributed by atoms with van der Waals surface area (Å²) in [6, 6.07) is 10.3. The average molecular weight is 178 g/mol. The number of benzene rings is 1. The van der Waals surface area contributed by atoms with Gasteiger partial charge in [0, 0.05) is 13.5 Å². The van der Waals surface area contributed by atoms with E-state index in [1.54, 1.807) is 7.11 Å². The molecule has 1 aromatic carbocycles. The van der Waals surface area contributed by atoms with E-state index in [1.807, 2.05) is 18.2 Å². The molecule has 0 saturated carbocycles. The molecule has 70 valence electrons. The molecule has 2 nitrogen and oxygen atoms in total. The summed E-state index contributed by atoms with van der Waals surface area (Å²) < 4.78 is 10.8. The second-order valence-electron chi connectivity index (χ2n) is 3.28. The molecule has 1 aliphatic rings. The highest BCUT2D eigenvalue weighted by atomic mass is 16.7. The largest absolute Gasteiger partial charge is 0.356 e. The summed E-state index contributed by atoms with van der Waals surface area (Å²) in [6.07, 6.45) is 2.27. The van der Waals surface area contributed by atoms with Gasteiger partial charge in [-0.05, 0) is 12.0 Å². The van der Waals surface area contributed by atoms with Crippen LogP contribution in [0.1, 0.15) is 24.5 Å². The van der Waals surface area contributed by atoms with Crippen molar-refractivity contribution in [1.82, 2.24) is 0 Å². The molecular weight excluding hydrogens is 164 g/mol. The molecule has 1 aromatic rings. The lowest BCUT2D eigenvalue weighted by Crippen LogP contribution is -2.08. The van der Waals surface area contributed by atoms with Gasteiger partial charge in [0.25, 0.3) is 0 Å². The third-order valence-corrected chi connectivity index (χ3v) is 2.41. The smallest absolute Gasteiger partial charge is 0.158 e. The van der Waals surface area contributed by atoms with Crippen molar-refractivity contribution in [2.45, 2.75) is 25.2 Å². The lowest BCUT2D eigenvalue weighted by molar-refractivity contribution is -0.115. The normalized spacial score (nSPS) is 27.8. The molecule has 13 heavy (non-hydrogen) atoms. The van der Waals surface area contributed by atoms with E-state index < -0.39 is 0 Å². The Morgan fingerprint density at radius 3 is 2.62 bits per heavy atom. The van der Waals surface area contributed by atoms with Crippen LogP contribution in [0.4, 0.5) is 0 Å². The number of hydrogen-bond acceptors (Lipinski definition) is 2. The van der Waals surface area contributed by atoms with E-state index in [0.717, 1.165) is 12.8 Å². The van der Waals surface area contributed by atoms with Crippen LogP contribution in [-0.2, 0) is 9.47 Å². The van der Waals surface area contributed by atoms with E-state index in [0.29, 0.717) is 0 Å². The zero-order valence-corrected chi connectivity index (χ0v) is 7.77. The average Bonchev–Trinajstić information content (AvgIpc) is 2.67. The van der Waals surface area contributed by atoms with Crippen LogP contribution >= 0.6 is 0 Å². The van der Waals surface area contributed by atoms with Crippen LogP contribution in [0.25, 0.3) is 0 Å². The lowest BCUT2D eigenvalue weighted by Gasteiger charge is -2.12. The minimum atomic E-state index is -0.00907. The molecule has 0 radical (unpaired) electrons. The van der Waals surface area contributed by atoms with E-state index in [-0.39, 0.29) is 12.4 Å². The SMILES string of the molecule is CO[C@H]1CC[C@H](c2ccccc2)O1. The van der Waals surface area contributed by atoms with Gasteiger partial charge in [-0.25, -0.2) is 0 Å². The van der Waals surface area contributed by atoms with Crippen LogP contribution in [-0.4, -0.2) is 13.4 Å². The van der Waals surface area contributed by atoms with E-state index in [9.17, 15) is 0 Å². The number of rotatable bonds is 2. The maximum atomic E-state index is 5.67. The topological polar surface area (TPSA) is 18.5 Å². The standard InChI is InChI=1S/C11H14O2/c1-12-11-8-7-10(13-11)9-5-3-2-4-6-9/h2-6,10-11H,7-8H2,1H3/t10-,11-/m1/s1. The molecule has 0 aromatic heterocycles. The Morgan fingerprint density at radius 1 is 1.23 bits per heavy atom. The van der Waals surface area contributed by atoms with Crippen molar-refractivity contribution in [2.75, 3.05) is 7.11 Å². The lowest BCUT2D eigenvalue weighted by atomic mass is 10.1. The van der Waals surface area contributed by atoms with Gasteiger partial charge in [0.15, 0.2) is 6.29 Å². The molecule has 0 aliphatic carbocycles. The van der Waals surface area contributed by atoms with E-state index in [2.05, 4.69) is 12.1 Å². The molecule has 1 heterocycles. The fourth-order valence-electron chi connectivity index (χ4n) is 1.69. The van der Waals surface area contributed by atoms with Crippen molar-refractivity contribution in [3.63, 3.8) is 0 Å². The molecule has 2 heteroatoms. The minimum Gasteiger partial charge on any atom is -0.356 e. The highest BCUT2D eigenvalue weighted by Crippen LogP contribution is 2.32. The number of hydrogen-bond donors (Lipinski definition) is 0. The number of methoxy groups -OCH3 is 1. The van der Waals surface area contributed by atoms with Gasteiger partial charge in [0.2, 0.25) is 0 Å². The van der Waals surface area contributed by atoms with Crippen LogP contribution in [0, 0.1) is 0 Å². The predicted octanol–water partition coefficient (Wildman–Crippen LogP) is 2.51. The molecule has 0 bridgehead atoms. The molecule has 0 spiro atoms. The first kappa shape index (κ1) is 8.73. The molecule has 1 aliphatic heterocycles. The maximum Gasteiger partial charge on any atom is 0.158 e. The van der Waals surface area contributed by atoms with Crippen LogP contribution in [0.5, 0.6) is 0 Å². The van der Waals surface area contributed by atoms with Gasteiger partial charge in [-0.2, -0.15) is 0 Å². The van der Waals surface area contributed by atoms with Gasteiger partial charge >= 0.3 is 0 Å². The Kier molecular flexibility index (Phi) is 2.62. The molecular formula is C11H14O2. The first-order chi connectivity index (χ1) is 6.40. The summed E-state index contributed by atoms with van der Waals surface area (Å²) in [7, 11) is 1.69. The van der Waals surface area contributed by atoms with Gasteiger partial charge in [-0.3, -0.25) is 0 Å². The van der Waals surface area contributed by atoms with Crippen molar-refractivity contribution in [3.8, 4) is 0 Å². The van der Waals surface area contributed by atoms with Crippen molar-refractivity contribution in [1.29, 1.82) is 0 Å². The van der Waals surface area contributed by atoms with Crippen molar-refractivity contribution in [3.05, 3.63) is 35.9 Å². The Balaban J connectivity index is 2.04. The third-order valence-electron chi connectivity index (χ3n) is 2.41. The van der Waals surface area contributed by atoms with E-state index in [4.69, 9.17) is 9.47 Å². The first-order valence-corrected chi connectivity index (χ1v) is 4.63.